The average molecular weight is 258 g/mol. The molecule has 1 aromatic heterocycles. The van der Waals surface area contributed by atoms with Crippen LogP contribution in [0.4, 0.5) is 5.69 Å². The van der Waals surface area contributed by atoms with E-state index >= 15 is 0 Å². The van der Waals surface area contributed by atoms with Gasteiger partial charge in [-0.1, -0.05) is 5.16 Å². The highest BCUT2D eigenvalue weighted by Gasteiger charge is 2.24. The summed E-state index contributed by atoms with van der Waals surface area (Å²) >= 11 is 0. The smallest absolute Gasteiger partial charge is 0.243 e. The maximum absolute atomic E-state index is 11.6. The molecule has 2 N–H and O–H groups in total. The van der Waals surface area contributed by atoms with Crippen LogP contribution in [-0.2, 0) is 11.2 Å². The van der Waals surface area contributed by atoms with Gasteiger partial charge in [-0.15, -0.1) is 0 Å². The Hall–Kier alpha value is -2.21. The molecule has 0 saturated carbocycles. The molecule has 2 aromatic rings. The molecule has 1 aromatic carbocycles. The Morgan fingerprint density at radius 3 is 2.95 bits per heavy atom. The summed E-state index contributed by atoms with van der Waals surface area (Å²) in [6.07, 6.45) is 0.414. The van der Waals surface area contributed by atoms with E-state index in [0.29, 0.717) is 18.1 Å². The third-order valence-corrected chi connectivity index (χ3v) is 3.25. The molecule has 0 fully saturated rings. The lowest BCUT2D eigenvalue weighted by molar-refractivity contribution is -0.117. The van der Waals surface area contributed by atoms with Crippen LogP contribution in [0.25, 0.3) is 11.4 Å². The van der Waals surface area contributed by atoms with Crippen molar-refractivity contribution in [2.75, 3.05) is 11.9 Å². The van der Waals surface area contributed by atoms with E-state index < -0.39 is 0 Å². The molecule has 3 rings (SSSR count). The lowest BCUT2D eigenvalue weighted by Crippen LogP contribution is -2.20. The molecule has 6 heteroatoms. The molecule has 1 atom stereocenters. The number of benzene rings is 1. The van der Waals surface area contributed by atoms with Crippen LogP contribution < -0.4 is 10.6 Å². The Morgan fingerprint density at radius 2 is 2.26 bits per heavy atom. The van der Waals surface area contributed by atoms with Gasteiger partial charge in [0.2, 0.25) is 17.6 Å². The first kappa shape index (κ1) is 11.9. The zero-order valence-corrected chi connectivity index (χ0v) is 10.8. The molecule has 1 amide bonds. The number of nitrogens with zero attached hydrogens (tertiary/aromatic N) is 3. The number of amides is 1. The lowest BCUT2D eigenvalue weighted by atomic mass is 10.1. The van der Waals surface area contributed by atoms with Gasteiger partial charge in [-0.3, -0.25) is 4.79 Å². The fraction of sp³-hybridized carbons (Fsp3) is 0.308. The second kappa shape index (κ2) is 4.17. The maximum Gasteiger partial charge on any atom is 0.243 e. The fourth-order valence-corrected chi connectivity index (χ4v) is 2.15. The van der Waals surface area contributed by atoms with E-state index in [1.54, 1.807) is 18.9 Å². The second-order valence-corrected chi connectivity index (χ2v) is 4.72. The van der Waals surface area contributed by atoms with E-state index in [0.717, 1.165) is 16.8 Å². The van der Waals surface area contributed by atoms with Crippen LogP contribution in [0.3, 0.4) is 0 Å². The summed E-state index contributed by atoms with van der Waals surface area (Å²) in [7, 11) is 1.77. The summed E-state index contributed by atoms with van der Waals surface area (Å²) in [4.78, 5) is 17.5. The Bertz CT molecular complexity index is 648. The number of nitrogens with two attached hydrogens (primary N) is 1. The monoisotopic (exact) mass is 258 g/mol. The number of aromatic nitrogens is 2. The number of hydrogen-bond donors (Lipinski definition) is 1. The summed E-state index contributed by atoms with van der Waals surface area (Å²) in [5, 5.41) is 3.91. The van der Waals surface area contributed by atoms with E-state index in [9.17, 15) is 4.79 Å². The van der Waals surface area contributed by atoms with Gasteiger partial charge in [0.1, 0.15) is 0 Å². The maximum atomic E-state index is 11.6. The molecular weight excluding hydrogens is 244 g/mol. The minimum absolute atomic E-state index is 0.0940. The number of likely N-dealkylation sites (N-methyl/N-ethyl adjacent to an activating group) is 1. The van der Waals surface area contributed by atoms with Gasteiger partial charge >= 0.3 is 0 Å². The topological polar surface area (TPSA) is 85.2 Å². The summed E-state index contributed by atoms with van der Waals surface area (Å²) in [6, 6.07) is 5.41. The van der Waals surface area contributed by atoms with Crippen molar-refractivity contribution in [3.63, 3.8) is 0 Å². The van der Waals surface area contributed by atoms with Crippen molar-refractivity contribution in [2.24, 2.45) is 5.73 Å². The molecule has 0 aliphatic carbocycles. The molecule has 2 heterocycles. The first-order valence-corrected chi connectivity index (χ1v) is 6.05. The van der Waals surface area contributed by atoms with Crippen LogP contribution in [0, 0.1) is 0 Å². The van der Waals surface area contributed by atoms with E-state index in [1.807, 2.05) is 18.2 Å². The molecule has 19 heavy (non-hydrogen) atoms. The third kappa shape index (κ3) is 1.90. The molecule has 0 bridgehead atoms. The predicted octanol–water partition coefficient (Wildman–Crippen LogP) is 1.28. The normalized spacial score (nSPS) is 15.7. The summed E-state index contributed by atoms with van der Waals surface area (Å²) in [6.45, 7) is 1.79. The first-order valence-electron chi connectivity index (χ1n) is 6.05. The molecule has 1 aliphatic rings. The second-order valence-electron chi connectivity index (χ2n) is 4.72. The number of carbonyl (C=O) groups excluding carboxylic acids is 1. The Morgan fingerprint density at radius 1 is 1.47 bits per heavy atom. The molecular formula is C13H14N4O2. The number of fused-ring (bicyclic) bond motifs is 1. The number of carbonyl (C=O) groups is 1. The van der Waals surface area contributed by atoms with Gasteiger partial charge in [-0.25, -0.2) is 0 Å². The van der Waals surface area contributed by atoms with E-state index in [2.05, 4.69) is 10.1 Å². The molecule has 1 aliphatic heterocycles. The van der Waals surface area contributed by atoms with Crippen molar-refractivity contribution in [1.29, 1.82) is 0 Å². The van der Waals surface area contributed by atoms with Crippen LogP contribution in [-0.4, -0.2) is 23.1 Å². The highest BCUT2D eigenvalue weighted by atomic mass is 16.5. The SMILES string of the molecule is C[C@H](N)c1nc(-c2ccc3c(c2)CC(=O)N3C)no1. The minimum atomic E-state index is -0.289. The highest BCUT2D eigenvalue weighted by molar-refractivity contribution is 6.01. The van der Waals surface area contributed by atoms with Gasteiger partial charge in [-0.05, 0) is 30.7 Å². The van der Waals surface area contributed by atoms with Gasteiger partial charge in [0, 0.05) is 18.3 Å². The van der Waals surface area contributed by atoms with Gasteiger partial charge in [0.15, 0.2) is 0 Å². The van der Waals surface area contributed by atoms with Crippen molar-refractivity contribution in [3.8, 4) is 11.4 Å². The number of rotatable bonds is 2. The van der Waals surface area contributed by atoms with E-state index in [1.165, 1.54) is 0 Å². The van der Waals surface area contributed by atoms with Gasteiger partial charge in [0.25, 0.3) is 0 Å². The van der Waals surface area contributed by atoms with Crippen LogP contribution in [0.5, 0.6) is 0 Å². The van der Waals surface area contributed by atoms with Crippen molar-refractivity contribution >= 4 is 11.6 Å². The number of hydrogen-bond acceptors (Lipinski definition) is 5. The fourth-order valence-electron chi connectivity index (χ4n) is 2.15. The van der Waals surface area contributed by atoms with Gasteiger partial charge < -0.3 is 15.2 Å². The third-order valence-electron chi connectivity index (χ3n) is 3.25. The van der Waals surface area contributed by atoms with Crippen LogP contribution >= 0.6 is 0 Å². The zero-order chi connectivity index (χ0) is 13.6. The van der Waals surface area contributed by atoms with Gasteiger partial charge in [-0.2, -0.15) is 4.98 Å². The Kier molecular flexibility index (Phi) is 2.60. The van der Waals surface area contributed by atoms with E-state index in [-0.39, 0.29) is 11.9 Å². The Labute approximate surface area is 110 Å². The lowest BCUT2D eigenvalue weighted by Gasteiger charge is -2.09. The average Bonchev–Trinajstić information content (AvgIpc) is 2.96. The quantitative estimate of drug-likeness (QED) is 0.876. The minimum Gasteiger partial charge on any atom is -0.337 e. The molecule has 98 valence electrons. The van der Waals surface area contributed by atoms with Crippen molar-refractivity contribution in [3.05, 3.63) is 29.7 Å². The largest absolute Gasteiger partial charge is 0.337 e. The summed E-state index contributed by atoms with van der Waals surface area (Å²) in [5.74, 6) is 0.998. The van der Waals surface area contributed by atoms with Crippen LogP contribution in [0.1, 0.15) is 24.4 Å². The van der Waals surface area contributed by atoms with Crippen molar-refractivity contribution in [2.45, 2.75) is 19.4 Å². The standard InChI is InChI=1S/C13H14N4O2/c1-7(14)13-15-12(16-19-13)8-3-4-10-9(5-8)6-11(18)17(10)2/h3-5,7H,6,14H2,1-2H3/t7-/m0/s1. The van der Waals surface area contributed by atoms with Crippen LogP contribution in [0.2, 0.25) is 0 Å². The van der Waals surface area contributed by atoms with Crippen molar-refractivity contribution < 1.29 is 9.32 Å². The van der Waals surface area contributed by atoms with Gasteiger partial charge in [0.05, 0.1) is 12.5 Å². The molecule has 0 saturated heterocycles. The highest BCUT2D eigenvalue weighted by Crippen LogP contribution is 2.31. The molecule has 6 nitrogen and oxygen atoms in total. The van der Waals surface area contributed by atoms with Crippen LogP contribution in [0.15, 0.2) is 22.7 Å². The predicted molar refractivity (Wildman–Crippen MR) is 69.5 cm³/mol. The number of anilines is 1. The molecule has 0 unspecified atom stereocenters. The molecule has 0 radical (unpaired) electrons. The first-order chi connectivity index (χ1) is 9.06. The van der Waals surface area contributed by atoms with E-state index in [4.69, 9.17) is 10.3 Å². The van der Waals surface area contributed by atoms with Crippen molar-refractivity contribution in [1.82, 2.24) is 10.1 Å². The molecule has 0 spiro atoms. The summed E-state index contributed by atoms with van der Waals surface area (Å²) in [5.41, 5.74) is 8.43. The Balaban J connectivity index is 1.99. The zero-order valence-electron chi connectivity index (χ0n) is 10.8. The summed E-state index contributed by atoms with van der Waals surface area (Å²) < 4.78 is 5.08.